The van der Waals surface area contributed by atoms with E-state index in [2.05, 4.69) is 21.0 Å². The number of carbonyl (C=O) groups is 1. The largest absolute Gasteiger partial charge is 0.312 e. The van der Waals surface area contributed by atoms with Crippen LogP contribution >= 0.6 is 15.9 Å². The molecule has 1 fully saturated rings. The van der Waals surface area contributed by atoms with Crippen molar-refractivity contribution in [2.24, 2.45) is 13.0 Å². The number of hydrogen-bond donors (Lipinski definition) is 0. The van der Waals surface area contributed by atoms with Crippen LogP contribution in [0.4, 0.5) is 5.69 Å². The van der Waals surface area contributed by atoms with E-state index >= 15 is 0 Å². The molecule has 1 aromatic heterocycles. The van der Waals surface area contributed by atoms with E-state index in [0.717, 1.165) is 28.5 Å². The van der Waals surface area contributed by atoms with Gasteiger partial charge in [-0.1, -0.05) is 15.9 Å². The number of amides is 1. The van der Waals surface area contributed by atoms with Crippen LogP contribution in [0.2, 0.25) is 0 Å². The van der Waals surface area contributed by atoms with E-state index in [4.69, 9.17) is 0 Å². The summed E-state index contributed by atoms with van der Waals surface area (Å²) in [5, 5.41) is 6.20. The molecule has 0 aliphatic carbocycles. The molecule has 1 atom stereocenters. The number of rotatable bonds is 2. The van der Waals surface area contributed by atoms with E-state index in [-0.39, 0.29) is 5.91 Å². The van der Waals surface area contributed by atoms with Gasteiger partial charge in [-0.3, -0.25) is 9.48 Å². The second-order valence-corrected chi connectivity index (χ2v) is 5.39. The van der Waals surface area contributed by atoms with Crippen LogP contribution in [0.15, 0.2) is 24.4 Å². The highest BCUT2D eigenvalue weighted by Gasteiger charge is 2.29. The van der Waals surface area contributed by atoms with Gasteiger partial charge in [0.25, 0.3) is 0 Å². The minimum Gasteiger partial charge on any atom is -0.312 e. The Morgan fingerprint density at radius 1 is 1.50 bits per heavy atom. The third-order valence-corrected chi connectivity index (χ3v) is 4.38. The summed E-state index contributed by atoms with van der Waals surface area (Å²) in [4.78, 5) is 13.9. The molecule has 2 heterocycles. The fourth-order valence-corrected chi connectivity index (χ4v) is 2.87. The van der Waals surface area contributed by atoms with Crippen molar-refractivity contribution in [1.82, 2.24) is 9.78 Å². The molecule has 1 aromatic carbocycles. The fraction of sp³-hybridized carbons (Fsp3) is 0.385. The lowest BCUT2D eigenvalue weighted by molar-refractivity contribution is -0.117. The Labute approximate surface area is 114 Å². The van der Waals surface area contributed by atoms with Gasteiger partial charge in [0, 0.05) is 36.4 Å². The first kappa shape index (κ1) is 11.7. The van der Waals surface area contributed by atoms with Crippen LogP contribution in [0.5, 0.6) is 0 Å². The van der Waals surface area contributed by atoms with Gasteiger partial charge in [0.1, 0.15) is 0 Å². The Morgan fingerprint density at radius 3 is 3.06 bits per heavy atom. The van der Waals surface area contributed by atoms with Crippen molar-refractivity contribution < 1.29 is 4.79 Å². The minimum atomic E-state index is 0.209. The van der Waals surface area contributed by atoms with Gasteiger partial charge in [-0.2, -0.15) is 5.10 Å². The molecular formula is C13H14BrN3O. The summed E-state index contributed by atoms with van der Waals surface area (Å²) >= 11 is 3.46. The second kappa shape index (κ2) is 4.39. The van der Waals surface area contributed by atoms with E-state index in [1.165, 1.54) is 0 Å². The number of alkyl halides is 1. The van der Waals surface area contributed by atoms with Crippen LogP contribution in [0.25, 0.3) is 10.9 Å². The topological polar surface area (TPSA) is 38.1 Å². The van der Waals surface area contributed by atoms with Crippen LogP contribution in [0.1, 0.15) is 6.42 Å². The normalized spacial score (nSPS) is 20.0. The number of hydrogen-bond acceptors (Lipinski definition) is 2. The Balaban J connectivity index is 1.99. The van der Waals surface area contributed by atoms with E-state index in [1.807, 2.05) is 41.0 Å². The summed E-state index contributed by atoms with van der Waals surface area (Å²) in [5.41, 5.74) is 2.03. The van der Waals surface area contributed by atoms with Gasteiger partial charge >= 0.3 is 0 Å². The zero-order valence-electron chi connectivity index (χ0n) is 10.1. The van der Waals surface area contributed by atoms with Crippen molar-refractivity contribution in [1.29, 1.82) is 0 Å². The minimum absolute atomic E-state index is 0.209. The van der Waals surface area contributed by atoms with Gasteiger partial charge in [0.15, 0.2) is 0 Å². The third kappa shape index (κ3) is 1.82. The summed E-state index contributed by atoms with van der Waals surface area (Å²) in [6.07, 6.45) is 2.47. The van der Waals surface area contributed by atoms with Gasteiger partial charge in [-0.05, 0) is 24.1 Å². The number of benzene rings is 1. The van der Waals surface area contributed by atoms with Crippen LogP contribution in [-0.2, 0) is 11.8 Å². The number of aryl methyl sites for hydroxylation is 1. The molecule has 1 saturated heterocycles. The first-order chi connectivity index (χ1) is 8.69. The van der Waals surface area contributed by atoms with Crippen molar-refractivity contribution in [3.8, 4) is 0 Å². The smallest absolute Gasteiger partial charge is 0.227 e. The van der Waals surface area contributed by atoms with E-state index in [9.17, 15) is 4.79 Å². The Morgan fingerprint density at radius 2 is 2.33 bits per heavy atom. The first-order valence-corrected chi connectivity index (χ1v) is 7.09. The summed E-state index contributed by atoms with van der Waals surface area (Å²) in [7, 11) is 1.92. The predicted molar refractivity (Wildman–Crippen MR) is 75.0 cm³/mol. The molecule has 1 unspecified atom stereocenters. The second-order valence-electron chi connectivity index (χ2n) is 4.74. The molecule has 1 amide bonds. The van der Waals surface area contributed by atoms with Crippen LogP contribution in [0, 0.1) is 5.92 Å². The van der Waals surface area contributed by atoms with E-state index in [1.54, 1.807) is 0 Å². The number of nitrogens with zero attached hydrogens (tertiary/aromatic N) is 3. The molecule has 0 bridgehead atoms. The monoisotopic (exact) mass is 307 g/mol. The molecule has 1 aliphatic heterocycles. The molecule has 0 saturated carbocycles. The Bertz CT molecular complexity index is 607. The van der Waals surface area contributed by atoms with Crippen molar-refractivity contribution in [2.75, 3.05) is 16.8 Å². The highest BCUT2D eigenvalue weighted by Crippen LogP contribution is 2.28. The zero-order chi connectivity index (χ0) is 12.7. The van der Waals surface area contributed by atoms with Crippen molar-refractivity contribution in [2.45, 2.75) is 6.42 Å². The molecule has 94 valence electrons. The molecule has 5 heteroatoms. The lowest BCUT2D eigenvalue weighted by atomic mass is 10.2. The molecule has 3 rings (SSSR count). The molecule has 0 spiro atoms. The standard InChI is InChI=1S/C13H14BrN3O/c1-16-12-5-11(3-2-10(12)7-15-16)17-8-9(6-14)4-13(17)18/h2-3,5,7,9H,4,6,8H2,1H3. The number of carbonyl (C=O) groups excluding carboxylic acids is 1. The maximum Gasteiger partial charge on any atom is 0.227 e. The van der Waals surface area contributed by atoms with Crippen LogP contribution < -0.4 is 4.90 Å². The average molecular weight is 308 g/mol. The van der Waals surface area contributed by atoms with Crippen LogP contribution in [-0.4, -0.2) is 27.6 Å². The zero-order valence-corrected chi connectivity index (χ0v) is 11.7. The van der Waals surface area contributed by atoms with E-state index in [0.29, 0.717) is 12.3 Å². The molecule has 18 heavy (non-hydrogen) atoms. The first-order valence-electron chi connectivity index (χ1n) is 5.97. The highest BCUT2D eigenvalue weighted by molar-refractivity contribution is 9.09. The van der Waals surface area contributed by atoms with E-state index < -0.39 is 0 Å². The Kier molecular flexibility index (Phi) is 2.86. The SMILES string of the molecule is Cn1ncc2ccc(N3CC(CBr)CC3=O)cc21. The quantitative estimate of drug-likeness (QED) is 0.799. The van der Waals surface area contributed by atoms with Gasteiger partial charge in [-0.15, -0.1) is 0 Å². The number of halogens is 1. The molecule has 4 nitrogen and oxygen atoms in total. The molecule has 0 radical (unpaired) electrons. The molecule has 0 N–H and O–H groups in total. The third-order valence-electron chi connectivity index (χ3n) is 3.47. The summed E-state index contributed by atoms with van der Waals surface area (Å²) in [6, 6.07) is 6.06. The maximum atomic E-state index is 12.0. The predicted octanol–water partition coefficient (Wildman–Crippen LogP) is 2.32. The van der Waals surface area contributed by atoms with Crippen molar-refractivity contribution >= 4 is 38.4 Å². The van der Waals surface area contributed by atoms with Gasteiger partial charge in [-0.25, -0.2) is 0 Å². The van der Waals surface area contributed by atoms with Crippen molar-refractivity contribution in [3.63, 3.8) is 0 Å². The number of fused-ring (bicyclic) bond motifs is 1. The number of aromatic nitrogens is 2. The number of anilines is 1. The summed E-state index contributed by atoms with van der Waals surface area (Å²) < 4.78 is 1.83. The lowest BCUT2D eigenvalue weighted by Crippen LogP contribution is -2.24. The maximum absolute atomic E-state index is 12.0. The van der Waals surface area contributed by atoms with Crippen LogP contribution in [0.3, 0.4) is 0 Å². The molecule has 1 aliphatic rings. The summed E-state index contributed by atoms with van der Waals surface area (Å²) in [5.74, 6) is 0.626. The lowest BCUT2D eigenvalue weighted by Gasteiger charge is -2.16. The summed E-state index contributed by atoms with van der Waals surface area (Å²) in [6.45, 7) is 0.799. The van der Waals surface area contributed by atoms with Crippen molar-refractivity contribution in [3.05, 3.63) is 24.4 Å². The van der Waals surface area contributed by atoms with Gasteiger partial charge < -0.3 is 4.90 Å². The Hall–Kier alpha value is -1.36. The average Bonchev–Trinajstić information content (AvgIpc) is 2.93. The fourth-order valence-electron chi connectivity index (χ4n) is 2.43. The van der Waals surface area contributed by atoms with Gasteiger partial charge in [0.05, 0.1) is 11.7 Å². The molecule has 2 aromatic rings. The highest BCUT2D eigenvalue weighted by atomic mass is 79.9. The van der Waals surface area contributed by atoms with Gasteiger partial charge in [0.2, 0.25) is 5.91 Å². The molecular weight excluding hydrogens is 294 g/mol.